The Kier molecular flexibility index (Phi) is 4.33. The number of benzene rings is 6. The van der Waals surface area contributed by atoms with E-state index in [1.54, 1.807) is 0 Å². The first-order valence-electron chi connectivity index (χ1n) is 13.7. The van der Waals surface area contributed by atoms with E-state index in [1.807, 2.05) is 0 Å². The van der Waals surface area contributed by atoms with Gasteiger partial charge in [0.25, 0.3) is 0 Å². The minimum absolute atomic E-state index is 0.978. The van der Waals surface area contributed by atoms with E-state index in [0.29, 0.717) is 0 Å². The maximum Gasteiger partial charge on any atom is 0.146 e. The SMILES string of the molecule is c1ccc2c(-n3c4ccccc4c4nc5c(cc43)c3ccccc3n5-c3cccc4ccccc34)cccc2c1. The molecule has 0 radical (unpaired) electrons. The van der Waals surface area contributed by atoms with Crippen LogP contribution in [0.4, 0.5) is 0 Å². The molecule has 0 spiro atoms. The molecule has 0 saturated carbocycles. The molecule has 0 bridgehead atoms. The Hall–Kier alpha value is -5.41. The highest BCUT2D eigenvalue weighted by atomic mass is 15.1. The molecule has 0 atom stereocenters. The first-order valence-corrected chi connectivity index (χ1v) is 13.7. The van der Waals surface area contributed by atoms with E-state index in [-0.39, 0.29) is 0 Å². The van der Waals surface area contributed by atoms with Gasteiger partial charge in [-0.15, -0.1) is 0 Å². The molecule has 0 unspecified atom stereocenters. The summed E-state index contributed by atoms with van der Waals surface area (Å²) in [4.78, 5) is 5.49. The molecule has 9 rings (SSSR count). The summed E-state index contributed by atoms with van der Waals surface area (Å²) in [6.45, 7) is 0. The smallest absolute Gasteiger partial charge is 0.146 e. The van der Waals surface area contributed by atoms with Gasteiger partial charge in [-0.2, -0.15) is 0 Å². The largest absolute Gasteiger partial charge is 0.307 e. The van der Waals surface area contributed by atoms with E-state index in [2.05, 4.69) is 149 Å². The molecule has 6 aromatic carbocycles. The van der Waals surface area contributed by atoms with Gasteiger partial charge in [-0.05, 0) is 41.1 Å². The predicted octanol–water partition coefficient (Wildman–Crippen LogP) is 9.58. The standard InChI is InChI=1S/C37H23N3/c1-3-15-26-24(11-1)13-9-21-31(26)39-34-20-8-6-18-29(34)36-35(39)23-30-28-17-5-7-19-33(28)40(37(30)38-36)32-22-10-14-25-12-2-4-16-27(25)32/h1-23H. The van der Waals surface area contributed by atoms with Gasteiger partial charge in [-0.25, -0.2) is 4.98 Å². The Bertz CT molecular complexity index is 2260. The van der Waals surface area contributed by atoms with Gasteiger partial charge in [0, 0.05) is 26.9 Å². The molecule has 186 valence electrons. The zero-order chi connectivity index (χ0) is 26.2. The maximum atomic E-state index is 5.49. The topological polar surface area (TPSA) is 22.8 Å². The Balaban J connectivity index is 1.48. The normalized spacial score (nSPS) is 12.0. The summed E-state index contributed by atoms with van der Waals surface area (Å²) >= 11 is 0. The Morgan fingerprint density at radius 1 is 0.375 bits per heavy atom. The average Bonchev–Trinajstić information content (AvgIpc) is 3.51. The second kappa shape index (κ2) is 8.05. The molecule has 0 N–H and O–H groups in total. The second-order valence-corrected chi connectivity index (χ2v) is 10.4. The Labute approximate surface area is 230 Å². The zero-order valence-electron chi connectivity index (χ0n) is 21.6. The molecule has 0 aliphatic carbocycles. The van der Waals surface area contributed by atoms with Crippen molar-refractivity contribution in [1.82, 2.24) is 14.1 Å². The summed E-state index contributed by atoms with van der Waals surface area (Å²) in [6, 6.07) is 49.9. The Morgan fingerprint density at radius 2 is 0.875 bits per heavy atom. The van der Waals surface area contributed by atoms with Crippen molar-refractivity contribution in [2.24, 2.45) is 0 Å². The first-order chi connectivity index (χ1) is 19.9. The van der Waals surface area contributed by atoms with Crippen LogP contribution in [0, 0.1) is 0 Å². The lowest BCUT2D eigenvalue weighted by Gasteiger charge is -2.12. The minimum Gasteiger partial charge on any atom is -0.307 e. The molecule has 0 aliphatic heterocycles. The summed E-state index contributed by atoms with van der Waals surface area (Å²) in [6.07, 6.45) is 0. The third kappa shape index (κ3) is 2.86. The van der Waals surface area contributed by atoms with Crippen molar-refractivity contribution in [3.05, 3.63) is 140 Å². The summed E-state index contributed by atoms with van der Waals surface area (Å²) in [5.41, 5.74) is 7.75. The lowest BCUT2D eigenvalue weighted by atomic mass is 10.1. The van der Waals surface area contributed by atoms with Crippen molar-refractivity contribution in [2.45, 2.75) is 0 Å². The van der Waals surface area contributed by atoms with Gasteiger partial charge in [0.2, 0.25) is 0 Å². The summed E-state index contributed by atoms with van der Waals surface area (Å²) in [7, 11) is 0. The first kappa shape index (κ1) is 21.5. The van der Waals surface area contributed by atoms with Gasteiger partial charge in [-0.3, -0.25) is 4.57 Å². The maximum absolute atomic E-state index is 5.49. The van der Waals surface area contributed by atoms with Gasteiger partial charge in [-0.1, -0.05) is 109 Å². The quantitative estimate of drug-likeness (QED) is 0.227. The van der Waals surface area contributed by atoms with Gasteiger partial charge in [0.15, 0.2) is 0 Å². The van der Waals surface area contributed by atoms with Crippen LogP contribution in [-0.2, 0) is 0 Å². The molecule has 0 fully saturated rings. The number of rotatable bonds is 2. The van der Waals surface area contributed by atoms with Crippen molar-refractivity contribution in [1.29, 1.82) is 0 Å². The van der Waals surface area contributed by atoms with Crippen molar-refractivity contribution < 1.29 is 0 Å². The number of nitrogens with zero attached hydrogens (tertiary/aromatic N) is 3. The van der Waals surface area contributed by atoms with E-state index in [4.69, 9.17) is 4.98 Å². The number of para-hydroxylation sites is 2. The van der Waals surface area contributed by atoms with Crippen molar-refractivity contribution in [3.8, 4) is 11.4 Å². The molecular weight excluding hydrogens is 486 g/mol. The van der Waals surface area contributed by atoms with E-state index in [9.17, 15) is 0 Å². The molecule has 0 saturated heterocycles. The molecular formula is C37H23N3. The van der Waals surface area contributed by atoms with Crippen LogP contribution in [0.5, 0.6) is 0 Å². The van der Waals surface area contributed by atoms with Gasteiger partial charge < -0.3 is 4.57 Å². The van der Waals surface area contributed by atoms with E-state index in [0.717, 1.165) is 44.2 Å². The highest BCUT2D eigenvalue weighted by molar-refractivity contribution is 6.17. The highest BCUT2D eigenvalue weighted by Gasteiger charge is 2.20. The van der Waals surface area contributed by atoms with Crippen LogP contribution in [0.3, 0.4) is 0 Å². The minimum atomic E-state index is 0.978. The monoisotopic (exact) mass is 509 g/mol. The van der Waals surface area contributed by atoms with Gasteiger partial charge in [0.05, 0.1) is 33.4 Å². The molecule has 9 aromatic rings. The third-order valence-corrected chi connectivity index (χ3v) is 8.29. The fourth-order valence-electron chi connectivity index (χ4n) is 6.55. The molecule has 3 heteroatoms. The van der Waals surface area contributed by atoms with E-state index < -0.39 is 0 Å². The van der Waals surface area contributed by atoms with Crippen LogP contribution >= 0.6 is 0 Å². The van der Waals surface area contributed by atoms with Crippen LogP contribution < -0.4 is 0 Å². The number of aromatic nitrogens is 3. The highest BCUT2D eigenvalue weighted by Crippen LogP contribution is 2.39. The lowest BCUT2D eigenvalue weighted by molar-refractivity contribution is 1.16. The molecule has 40 heavy (non-hydrogen) atoms. The molecule has 0 aliphatic rings. The van der Waals surface area contributed by atoms with Gasteiger partial charge in [0.1, 0.15) is 5.65 Å². The van der Waals surface area contributed by atoms with Crippen LogP contribution in [-0.4, -0.2) is 14.1 Å². The molecule has 0 amide bonds. The van der Waals surface area contributed by atoms with Crippen molar-refractivity contribution >= 4 is 65.4 Å². The average molecular weight is 510 g/mol. The summed E-state index contributed by atoms with van der Waals surface area (Å²) in [5, 5.41) is 8.41. The number of fused-ring (bicyclic) bond motifs is 8. The fourth-order valence-corrected chi connectivity index (χ4v) is 6.55. The second-order valence-electron chi connectivity index (χ2n) is 10.4. The third-order valence-electron chi connectivity index (χ3n) is 8.29. The van der Waals surface area contributed by atoms with E-state index >= 15 is 0 Å². The van der Waals surface area contributed by atoms with Crippen molar-refractivity contribution in [3.63, 3.8) is 0 Å². The van der Waals surface area contributed by atoms with Crippen LogP contribution in [0.2, 0.25) is 0 Å². The molecule has 3 aromatic heterocycles. The number of hydrogen-bond donors (Lipinski definition) is 0. The lowest BCUT2D eigenvalue weighted by Crippen LogP contribution is -1.98. The van der Waals surface area contributed by atoms with Crippen LogP contribution in [0.25, 0.3) is 76.8 Å². The van der Waals surface area contributed by atoms with Crippen molar-refractivity contribution in [2.75, 3.05) is 0 Å². The zero-order valence-corrected chi connectivity index (χ0v) is 21.6. The summed E-state index contributed by atoms with van der Waals surface area (Å²) in [5.74, 6) is 0. The molecule has 3 heterocycles. The van der Waals surface area contributed by atoms with Gasteiger partial charge >= 0.3 is 0 Å². The molecule has 3 nitrogen and oxygen atoms in total. The van der Waals surface area contributed by atoms with Crippen LogP contribution in [0.1, 0.15) is 0 Å². The number of pyridine rings is 1. The Morgan fingerprint density at radius 3 is 1.55 bits per heavy atom. The predicted molar refractivity (Wildman–Crippen MR) is 168 cm³/mol. The number of hydrogen-bond acceptors (Lipinski definition) is 1. The van der Waals surface area contributed by atoms with E-state index in [1.165, 1.54) is 32.6 Å². The van der Waals surface area contributed by atoms with Crippen LogP contribution in [0.15, 0.2) is 140 Å². The summed E-state index contributed by atoms with van der Waals surface area (Å²) < 4.78 is 4.74. The fraction of sp³-hybridized carbons (Fsp3) is 0.